The average molecular weight is 311 g/mol. The molecule has 2 aromatic rings. The number of aryl methyl sites for hydroxylation is 1. The van der Waals surface area contributed by atoms with Gasteiger partial charge in [-0.05, 0) is 42.8 Å². The molecule has 3 N–H and O–H groups in total. The first kappa shape index (κ1) is 14.5. The lowest BCUT2D eigenvalue weighted by Gasteiger charge is -2.09. The van der Waals surface area contributed by atoms with Gasteiger partial charge in [-0.1, -0.05) is 28.4 Å². The van der Waals surface area contributed by atoms with Crippen LogP contribution in [-0.4, -0.2) is 11.0 Å². The van der Waals surface area contributed by atoms with E-state index in [4.69, 9.17) is 38.9 Å². The minimum atomic E-state index is -0.0520. The Labute approximate surface area is 126 Å². The van der Waals surface area contributed by atoms with Gasteiger partial charge in [0, 0.05) is 16.7 Å². The number of ether oxygens (including phenoxy) is 1. The minimum absolute atomic E-state index is 0.0520. The van der Waals surface area contributed by atoms with Gasteiger partial charge in [-0.3, -0.25) is 0 Å². The van der Waals surface area contributed by atoms with E-state index in [2.05, 4.69) is 5.16 Å². The van der Waals surface area contributed by atoms with E-state index in [0.717, 1.165) is 5.56 Å². The van der Waals surface area contributed by atoms with Crippen molar-refractivity contribution in [3.8, 4) is 11.5 Å². The molecule has 0 saturated carbocycles. The van der Waals surface area contributed by atoms with Gasteiger partial charge < -0.3 is 15.7 Å². The summed E-state index contributed by atoms with van der Waals surface area (Å²) in [5, 5.41) is 12.6. The van der Waals surface area contributed by atoms with Gasteiger partial charge in [-0.2, -0.15) is 0 Å². The smallest absolute Gasteiger partial charge is 0.171 e. The molecule has 0 saturated heterocycles. The lowest BCUT2D eigenvalue weighted by Crippen LogP contribution is -2.13. The first-order chi connectivity index (χ1) is 9.51. The summed E-state index contributed by atoms with van der Waals surface area (Å²) in [6.07, 6.45) is 0. The van der Waals surface area contributed by atoms with Crippen LogP contribution in [0.5, 0.6) is 11.5 Å². The highest BCUT2D eigenvalue weighted by atomic mass is 35.5. The van der Waals surface area contributed by atoms with Crippen LogP contribution in [0.2, 0.25) is 10.0 Å². The second-order valence-electron chi connectivity index (χ2n) is 4.14. The minimum Gasteiger partial charge on any atom is -0.457 e. The van der Waals surface area contributed by atoms with Gasteiger partial charge in [-0.15, -0.1) is 0 Å². The highest BCUT2D eigenvalue weighted by Gasteiger charge is 2.08. The third kappa shape index (κ3) is 3.15. The molecule has 0 unspecified atom stereocenters. The van der Waals surface area contributed by atoms with Gasteiger partial charge >= 0.3 is 0 Å². The van der Waals surface area contributed by atoms with E-state index in [0.29, 0.717) is 27.1 Å². The number of hydrogen-bond acceptors (Lipinski definition) is 3. The van der Waals surface area contributed by atoms with Crippen LogP contribution in [0.4, 0.5) is 0 Å². The second kappa shape index (κ2) is 6.03. The summed E-state index contributed by atoms with van der Waals surface area (Å²) in [7, 11) is 0. The van der Waals surface area contributed by atoms with Crippen molar-refractivity contribution in [2.75, 3.05) is 0 Å². The maximum Gasteiger partial charge on any atom is 0.171 e. The Morgan fingerprint density at radius 1 is 1.10 bits per heavy atom. The SMILES string of the molecule is Cc1cc(Oc2ccc(C(N)=NO)c(Cl)c2)ccc1Cl. The molecular formula is C14H12Cl2N2O2. The predicted molar refractivity (Wildman–Crippen MR) is 80.2 cm³/mol. The maximum atomic E-state index is 8.63. The fraction of sp³-hybridized carbons (Fsp3) is 0.0714. The molecule has 0 aromatic heterocycles. The number of halogens is 2. The predicted octanol–water partition coefficient (Wildman–Crippen LogP) is 4.19. The fourth-order valence-corrected chi connectivity index (χ4v) is 2.02. The molecule has 0 aliphatic heterocycles. The number of oxime groups is 1. The van der Waals surface area contributed by atoms with Crippen LogP contribution in [-0.2, 0) is 0 Å². The van der Waals surface area contributed by atoms with Crippen LogP contribution < -0.4 is 10.5 Å². The summed E-state index contributed by atoms with van der Waals surface area (Å²) >= 11 is 12.0. The third-order valence-electron chi connectivity index (χ3n) is 2.69. The molecule has 4 nitrogen and oxygen atoms in total. The van der Waals surface area contributed by atoms with Crippen LogP contribution >= 0.6 is 23.2 Å². The van der Waals surface area contributed by atoms with E-state index in [1.54, 1.807) is 30.3 Å². The summed E-state index contributed by atoms with van der Waals surface area (Å²) in [5.74, 6) is 1.15. The van der Waals surface area contributed by atoms with Crippen LogP contribution in [0.3, 0.4) is 0 Å². The first-order valence-corrected chi connectivity index (χ1v) is 6.48. The maximum absolute atomic E-state index is 8.63. The van der Waals surface area contributed by atoms with Crippen LogP contribution in [0, 0.1) is 6.92 Å². The van der Waals surface area contributed by atoms with Crippen molar-refractivity contribution in [2.24, 2.45) is 10.9 Å². The van der Waals surface area contributed by atoms with Crippen molar-refractivity contribution < 1.29 is 9.94 Å². The van der Waals surface area contributed by atoms with Gasteiger partial charge in [0.25, 0.3) is 0 Å². The molecule has 0 amide bonds. The number of nitrogens with zero attached hydrogens (tertiary/aromatic N) is 1. The second-order valence-corrected chi connectivity index (χ2v) is 4.95. The summed E-state index contributed by atoms with van der Waals surface area (Å²) in [5.41, 5.74) is 6.85. The lowest BCUT2D eigenvalue weighted by atomic mass is 10.2. The molecule has 2 aromatic carbocycles. The van der Waals surface area contributed by atoms with E-state index in [1.807, 2.05) is 13.0 Å². The number of amidine groups is 1. The number of hydrogen-bond donors (Lipinski definition) is 2. The van der Waals surface area contributed by atoms with E-state index < -0.39 is 0 Å². The summed E-state index contributed by atoms with van der Waals surface area (Å²) in [6, 6.07) is 10.3. The van der Waals surface area contributed by atoms with Crippen molar-refractivity contribution in [3.05, 3.63) is 57.6 Å². The standard InChI is InChI=1S/C14H12Cl2N2O2/c1-8-6-9(3-5-12(8)15)20-10-2-4-11(13(16)7-10)14(17)18-19/h2-7,19H,1H3,(H2,17,18). The molecule has 2 rings (SSSR count). The molecule has 6 heteroatoms. The normalized spacial score (nSPS) is 11.4. The monoisotopic (exact) mass is 310 g/mol. The largest absolute Gasteiger partial charge is 0.457 e. The zero-order valence-electron chi connectivity index (χ0n) is 10.6. The van der Waals surface area contributed by atoms with Crippen molar-refractivity contribution in [3.63, 3.8) is 0 Å². The van der Waals surface area contributed by atoms with Gasteiger partial charge in [0.15, 0.2) is 5.84 Å². The molecule has 0 bridgehead atoms. The molecule has 104 valence electrons. The van der Waals surface area contributed by atoms with Crippen molar-refractivity contribution >= 4 is 29.0 Å². The Morgan fingerprint density at radius 2 is 1.75 bits per heavy atom. The lowest BCUT2D eigenvalue weighted by molar-refractivity contribution is 0.318. The molecule has 0 spiro atoms. The molecule has 0 fully saturated rings. The Morgan fingerprint density at radius 3 is 2.35 bits per heavy atom. The topological polar surface area (TPSA) is 67.8 Å². The van der Waals surface area contributed by atoms with Gasteiger partial charge in [0.05, 0.1) is 5.02 Å². The quantitative estimate of drug-likeness (QED) is 0.386. The summed E-state index contributed by atoms with van der Waals surface area (Å²) in [6.45, 7) is 1.89. The molecule has 20 heavy (non-hydrogen) atoms. The summed E-state index contributed by atoms with van der Waals surface area (Å²) in [4.78, 5) is 0. The average Bonchev–Trinajstić information content (AvgIpc) is 2.42. The van der Waals surface area contributed by atoms with Crippen molar-refractivity contribution in [1.29, 1.82) is 0 Å². The molecule has 0 aliphatic rings. The first-order valence-electron chi connectivity index (χ1n) is 5.72. The van der Waals surface area contributed by atoms with Gasteiger partial charge in [0.2, 0.25) is 0 Å². The molecule has 0 aliphatic carbocycles. The molecular weight excluding hydrogens is 299 g/mol. The fourth-order valence-electron chi connectivity index (χ4n) is 1.64. The zero-order valence-corrected chi connectivity index (χ0v) is 12.1. The molecule has 0 radical (unpaired) electrons. The molecule has 0 heterocycles. The Bertz CT molecular complexity index is 672. The Balaban J connectivity index is 2.26. The molecule has 0 atom stereocenters. The van der Waals surface area contributed by atoms with Crippen LogP contribution in [0.1, 0.15) is 11.1 Å². The van der Waals surface area contributed by atoms with Crippen molar-refractivity contribution in [1.82, 2.24) is 0 Å². The highest BCUT2D eigenvalue weighted by Crippen LogP contribution is 2.29. The van der Waals surface area contributed by atoms with E-state index in [1.165, 1.54) is 0 Å². The van der Waals surface area contributed by atoms with Crippen molar-refractivity contribution in [2.45, 2.75) is 6.92 Å². The van der Waals surface area contributed by atoms with E-state index >= 15 is 0 Å². The Kier molecular flexibility index (Phi) is 4.37. The number of nitrogens with two attached hydrogens (primary N) is 1. The van der Waals surface area contributed by atoms with Crippen LogP contribution in [0.25, 0.3) is 0 Å². The number of rotatable bonds is 3. The zero-order chi connectivity index (χ0) is 14.7. The Hall–Kier alpha value is -1.91. The van der Waals surface area contributed by atoms with E-state index in [9.17, 15) is 0 Å². The third-order valence-corrected chi connectivity index (χ3v) is 3.43. The van der Waals surface area contributed by atoms with Gasteiger partial charge in [-0.25, -0.2) is 0 Å². The van der Waals surface area contributed by atoms with Gasteiger partial charge in [0.1, 0.15) is 11.5 Å². The van der Waals surface area contributed by atoms with Crippen LogP contribution in [0.15, 0.2) is 41.6 Å². The van der Waals surface area contributed by atoms with E-state index in [-0.39, 0.29) is 5.84 Å². The number of benzene rings is 2. The summed E-state index contributed by atoms with van der Waals surface area (Å²) < 4.78 is 5.68. The highest BCUT2D eigenvalue weighted by molar-refractivity contribution is 6.34.